The highest BCUT2D eigenvalue weighted by atomic mass is 16.6. The first kappa shape index (κ1) is 28.9. The average Bonchev–Trinajstić information content (AvgIpc) is 2.83. The van der Waals surface area contributed by atoms with Crippen molar-refractivity contribution in [1.82, 2.24) is 10.2 Å². The first-order chi connectivity index (χ1) is 17.1. The number of esters is 1. The SMILES string of the molecule is COC(=O)c1cc(OCCCN2CCOCC2)c(NCC=CCNC(=O)OC(C)(C)C)c([N+](=O)[O-])c1. The van der Waals surface area contributed by atoms with Gasteiger partial charge in [0.25, 0.3) is 5.69 Å². The third-order valence-electron chi connectivity index (χ3n) is 5.01. The smallest absolute Gasteiger partial charge is 0.407 e. The van der Waals surface area contributed by atoms with Crippen LogP contribution >= 0.6 is 0 Å². The van der Waals surface area contributed by atoms with Crippen molar-refractivity contribution < 1.29 is 33.5 Å². The largest absolute Gasteiger partial charge is 0.491 e. The lowest BCUT2D eigenvalue weighted by atomic mass is 10.1. The Morgan fingerprint density at radius 3 is 2.53 bits per heavy atom. The van der Waals surface area contributed by atoms with E-state index in [-0.39, 0.29) is 35.8 Å². The highest BCUT2D eigenvalue weighted by Gasteiger charge is 2.23. The quantitative estimate of drug-likeness (QED) is 0.142. The number of alkyl carbamates (subject to hydrolysis) is 1. The Morgan fingerprint density at radius 1 is 1.19 bits per heavy atom. The molecule has 1 saturated heterocycles. The predicted molar refractivity (Wildman–Crippen MR) is 134 cm³/mol. The van der Waals surface area contributed by atoms with Crippen molar-refractivity contribution >= 4 is 23.4 Å². The first-order valence-electron chi connectivity index (χ1n) is 11.8. The van der Waals surface area contributed by atoms with Gasteiger partial charge in [-0.25, -0.2) is 9.59 Å². The molecule has 0 bridgehead atoms. The summed E-state index contributed by atoms with van der Waals surface area (Å²) in [7, 11) is 1.21. The standard InChI is InChI=1S/C24H36N4O8/c1-24(2,3)36-23(30)26-9-6-5-8-25-21-19(28(31)32)16-18(22(29)33-4)17-20(21)35-13-7-10-27-11-14-34-15-12-27/h5-6,16-17,25H,7-15H2,1-4H3,(H,26,30). The number of morpholine rings is 1. The summed E-state index contributed by atoms with van der Waals surface area (Å²) in [6, 6.07) is 2.59. The Morgan fingerprint density at radius 2 is 1.89 bits per heavy atom. The molecule has 0 unspecified atom stereocenters. The molecule has 1 aromatic rings. The summed E-state index contributed by atoms with van der Waals surface area (Å²) in [5.74, 6) is -0.511. The molecule has 1 aliphatic rings. The molecular formula is C24H36N4O8. The second kappa shape index (κ2) is 14.2. The molecule has 12 heteroatoms. The molecule has 0 aliphatic carbocycles. The molecule has 0 spiro atoms. The summed E-state index contributed by atoms with van der Waals surface area (Å²) in [6.07, 6.45) is 3.56. The zero-order chi connectivity index (χ0) is 26.6. The van der Waals surface area contributed by atoms with E-state index in [9.17, 15) is 19.7 Å². The number of anilines is 1. The van der Waals surface area contributed by atoms with Crippen LogP contribution in [0.2, 0.25) is 0 Å². The van der Waals surface area contributed by atoms with E-state index in [2.05, 4.69) is 15.5 Å². The minimum Gasteiger partial charge on any atom is -0.491 e. The third kappa shape index (κ3) is 10.1. The number of methoxy groups -OCH3 is 1. The molecule has 1 heterocycles. The summed E-state index contributed by atoms with van der Waals surface area (Å²) in [5.41, 5.74) is -0.719. The van der Waals surface area contributed by atoms with Gasteiger partial charge < -0.3 is 29.6 Å². The van der Waals surface area contributed by atoms with Crippen molar-refractivity contribution in [1.29, 1.82) is 0 Å². The Hall–Kier alpha value is -3.38. The summed E-state index contributed by atoms with van der Waals surface area (Å²) in [6.45, 7) is 9.97. The molecule has 2 N–H and O–H groups in total. The fraction of sp³-hybridized carbons (Fsp3) is 0.583. The second-order valence-electron chi connectivity index (χ2n) is 9.01. The van der Waals surface area contributed by atoms with Crippen LogP contribution in [-0.2, 0) is 14.2 Å². The van der Waals surface area contributed by atoms with Crippen LogP contribution in [0.15, 0.2) is 24.3 Å². The van der Waals surface area contributed by atoms with Gasteiger partial charge in [-0.1, -0.05) is 12.2 Å². The maximum Gasteiger partial charge on any atom is 0.407 e. The van der Waals surface area contributed by atoms with Crippen LogP contribution in [0.4, 0.5) is 16.2 Å². The maximum atomic E-state index is 12.1. The highest BCUT2D eigenvalue weighted by molar-refractivity contribution is 5.93. The maximum absolute atomic E-state index is 12.1. The van der Waals surface area contributed by atoms with Crippen molar-refractivity contribution in [3.63, 3.8) is 0 Å². The number of carbonyl (C=O) groups is 2. The zero-order valence-corrected chi connectivity index (χ0v) is 21.3. The number of nitrogens with one attached hydrogen (secondary N) is 2. The van der Waals surface area contributed by atoms with E-state index < -0.39 is 22.6 Å². The van der Waals surface area contributed by atoms with Crippen molar-refractivity contribution in [3.05, 3.63) is 40.0 Å². The highest BCUT2D eigenvalue weighted by Crippen LogP contribution is 2.36. The normalized spacial score (nSPS) is 14.3. The molecule has 1 aliphatic heterocycles. The van der Waals surface area contributed by atoms with E-state index in [4.69, 9.17) is 18.9 Å². The van der Waals surface area contributed by atoms with Crippen molar-refractivity contribution in [2.24, 2.45) is 0 Å². The molecular weight excluding hydrogens is 472 g/mol. The lowest BCUT2D eigenvalue weighted by Gasteiger charge is -2.26. The van der Waals surface area contributed by atoms with Gasteiger partial charge in [0.1, 0.15) is 11.4 Å². The number of hydrogen-bond acceptors (Lipinski definition) is 10. The van der Waals surface area contributed by atoms with E-state index in [0.717, 1.165) is 25.7 Å². The van der Waals surface area contributed by atoms with E-state index in [1.807, 2.05) is 0 Å². The van der Waals surface area contributed by atoms with Gasteiger partial charge in [-0.15, -0.1) is 0 Å². The Labute approximate surface area is 211 Å². The molecule has 0 saturated carbocycles. The molecule has 2 rings (SSSR count). The minimum absolute atomic E-state index is 0.0232. The number of ether oxygens (including phenoxy) is 4. The van der Waals surface area contributed by atoms with Crippen LogP contribution in [-0.4, -0.2) is 87.1 Å². The van der Waals surface area contributed by atoms with Gasteiger partial charge in [0.15, 0.2) is 5.69 Å². The van der Waals surface area contributed by atoms with Crippen LogP contribution in [0, 0.1) is 10.1 Å². The average molecular weight is 509 g/mol. The fourth-order valence-electron chi connectivity index (χ4n) is 3.35. The number of nitrogens with zero attached hydrogens (tertiary/aromatic N) is 2. The molecule has 12 nitrogen and oxygen atoms in total. The lowest BCUT2D eigenvalue weighted by molar-refractivity contribution is -0.384. The molecule has 1 aromatic carbocycles. The van der Waals surface area contributed by atoms with Gasteiger partial charge in [0.2, 0.25) is 0 Å². The number of nitro benzene ring substituents is 1. The number of amides is 1. The summed E-state index contributed by atoms with van der Waals surface area (Å²) in [5, 5.41) is 17.3. The van der Waals surface area contributed by atoms with Gasteiger partial charge in [-0.3, -0.25) is 15.0 Å². The third-order valence-corrected chi connectivity index (χ3v) is 5.01. The Bertz CT molecular complexity index is 923. The van der Waals surface area contributed by atoms with Crippen molar-refractivity contribution in [3.8, 4) is 5.75 Å². The Kier molecular flexibility index (Phi) is 11.4. The minimum atomic E-state index is -0.698. The van der Waals surface area contributed by atoms with Crippen LogP contribution in [0.1, 0.15) is 37.6 Å². The molecule has 0 radical (unpaired) electrons. The number of benzene rings is 1. The van der Waals surface area contributed by atoms with E-state index in [0.29, 0.717) is 26.2 Å². The van der Waals surface area contributed by atoms with Crippen LogP contribution < -0.4 is 15.4 Å². The van der Waals surface area contributed by atoms with Gasteiger partial charge in [-0.05, 0) is 33.3 Å². The Balaban J connectivity index is 2.04. The monoisotopic (exact) mass is 508 g/mol. The number of nitro groups is 1. The number of hydrogen-bond donors (Lipinski definition) is 2. The molecule has 36 heavy (non-hydrogen) atoms. The zero-order valence-electron chi connectivity index (χ0n) is 21.3. The topological polar surface area (TPSA) is 142 Å². The van der Waals surface area contributed by atoms with Crippen molar-refractivity contribution in [2.45, 2.75) is 32.8 Å². The summed E-state index contributed by atoms with van der Waals surface area (Å²) in [4.78, 5) is 37.2. The van der Waals surface area contributed by atoms with E-state index in [1.54, 1.807) is 32.9 Å². The van der Waals surface area contributed by atoms with Gasteiger partial charge in [0.05, 0.1) is 37.4 Å². The molecule has 0 atom stereocenters. The molecule has 1 fully saturated rings. The van der Waals surface area contributed by atoms with Gasteiger partial charge >= 0.3 is 12.1 Å². The van der Waals surface area contributed by atoms with E-state index in [1.165, 1.54) is 13.2 Å². The number of rotatable bonds is 12. The fourth-order valence-corrected chi connectivity index (χ4v) is 3.35. The van der Waals surface area contributed by atoms with Crippen LogP contribution in [0.25, 0.3) is 0 Å². The number of carbonyl (C=O) groups excluding carboxylic acids is 2. The first-order valence-corrected chi connectivity index (χ1v) is 11.8. The van der Waals surface area contributed by atoms with E-state index >= 15 is 0 Å². The summed E-state index contributed by atoms with van der Waals surface area (Å²) < 4.78 is 21.1. The van der Waals surface area contributed by atoms with Gasteiger partial charge in [-0.2, -0.15) is 0 Å². The van der Waals surface area contributed by atoms with Crippen LogP contribution in [0.3, 0.4) is 0 Å². The second-order valence-corrected chi connectivity index (χ2v) is 9.01. The lowest BCUT2D eigenvalue weighted by Crippen LogP contribution is -2.37. The molecule has 0 aromatic heterocycles. The predicted octanol–water partition coefficient (Wildman–Crippen LogP) is 2.98. The summed E-state index contributed by atoms with van der Waals surface area (Å²) >= 11 is 0. The molecule has 1 amide bonds. The van der Waals surface area contributed by atoms with Gasteiger partial charge in [0, 0.05) is 38.8 Å². The van der Waals surface area contributed by atoms with Crippen molar-refractivity contribution in [2.75, 3.05) is 65.0 Å². The van der Waals surface area contributed by atoms with Crippen LogP contribution in [0.5, 0.6) is 5.75 Å². The molecule has 200 valence electrons.